The van der Waals surface area contributed by atoms with Crippen LogP contribution in [0.25, 0.3) is 0 Å². The number of rotatable bonds is 5. The quantitative estimate of drug-likeness (QED) is 0.569. The van der Waals surface area contributed by atoms with E-state index in [1.165, 1.54) is 18.4 Å². The van der Waals surface area contributed by atoms with Gasteiger partial charge in [-0.1, -0.05) is 42.5 Å². The highest BCUT2D eigenvalue weighted by Crippen LogP contribution is 2.43. The van der Waals surface area contributed by atoms with Crippen molar-refractivity contribution in [3.8, 4) is 0 Å². The first-order chi connectivity index (χ1) is 17.7. The molecule has 1 saturated heterocycles. The van der Waals surface area contributed by atoms with Gasteiger partial charge in [0.15, 0.2) is 5.82 Å². The van der Waals surface area contributed by atoms with Crippen LogP contribution in [0, 0.1) is 0 Å². The van der Waals surface area contributed by atoms with Crippen LogP contribution in [-0.4, -0.2) is 52.2 Å². The van der Waals surface area contributed by atoms with Crippen LogP contribution in [0.2, 0.25) is 0 Å². The summed E-state index contributed by atoms with van der Waals surface area (Å²) < 4.78 is 1.96. The molecule has 36 heavy (non-hydrogen) atoms. The molecule has 3 atom stereocenters. The van der Waals surface area contributed by atoms with Gasteiger partial charge in [-0.2, -0.15) is 5.10 Å². The molecule has 2 fully saturated rings. The van der Waals surface area contributed by atoms with Gasteiger partial charge in [-0.15, -0.1) is 0 Å². The first kappa shape index (κ1) is 21.6. The molecule has 1 amide bonds. The van der Waals surface area contributed by atoms with Crippen molar-refractivity contribution in [2.75, 3.05) is 23.8 Å². The van der Waals surface area contributed by atoms with Crippen molar-refractivity contribution in [2.24, 2.45) is 4.99 Å². The van der Waals surface area contributed by atoms with Crippen LogP contribution in [0.5, 0.6) is 0 Å². The number of benzene rings is 2. The second-order valence-electron chi connectivity index (χ2n) is 10.3. The Morgan fingerprint density at radius 2 is 1.86 bits per heavy atom. The molecule has 8 nitrogen and oxygen atoms in total. The third-order valence-electron chi connectivity index (χ3n) is 8.06. The van der Waals surface area contributed by atoms with Crippen LogP contribution < -0.4 is 15.5 Å². The molecule has 1 aliphatic carbocycles. The zero-order valence-corrected chi connectivity index (χ0v) is 20.5. The first-order valence-corrected chi connectivity index (χ1v) is 13.1. The number of fused-ring (bicyclic) bond motifs is 5. The van der Waals surface area contributed by atoms with E-state index in [-0.39, 0.29) is 18.0 Å². The summed E-state index contributed by atoms with van der Waals surface area (Å²) in [4.78, 5) is 22.5. The van der Waals surface area contributed by atoms with Crippen LogP contribution >= 0.6 is 0 Å². The van der Waals surface area contributed by atoms with Gasteiger partial charge >= 0.3 is 0 Å². The number of hydrogen-bond donors (Lipinski definition) is 2. The largest absolute Gasteiger partial charge is 0.340 e. The number of nitrogens with one attached hydrogen (secondary N) is 2. The van der Waals surface area contributed by atoms with E-state index >= 15 is 0 Å². The lowest BCUT2D eigenvalue weighted by Gasteiger charge is -2.34. The Labute approximate surface area is 211 Å². The van der Waals surface area contributed by atoms with Crippen molar-refractivity contribution < 1.29 is 4.79 Å². The van der Waals surface area contributed by atoms with E-state index in [0.717, 1.165) is 54.7 Å². The van der Waals surface area contributed by atoms with E-state index in [9.17, 15) is 4.79 Å². The number of aliphatic imine (C=N–C) groups is 1. The van der Waals surface area contributed by atoms with Gasteiger partial charge in [0.25, 0.3) is 5.91 Å². The van der Waals surface area contributed by atoms with Gasteiger partial charge in [-0.05, 0) is 61.9 Å². The maximum absolute atomic E-state index is 13.7. The number of carbonyl (C=O) groups excluding carboxylic acids is 1. The van der Waals surface area contributed by atoms with Crippen molar-refractivity contribution in [1.29, 1.82) is 0 Å². The number of carbonyl (C=O) groups is 1. The van der Waals surface area contributed by atoms with Gasteiger partial charge in [-0.25, -0.2) is 9.67 Å². The Morgan fingerprint density at radius 3 is 2.64 bits per heavy atom. The molecule has 184 valence electrons. The van der Waals surface area contributed by atoms with Gasteiger partial charge in [0.2, 0.25) is 5.96 Å². The lowest BCUT2D eigenvalue weighted by atomic mass is 10.0. The number of nitrogens with zero attached hydrogens (tertiary/aromatic N) is 5. The molecule has 1 aromatic heterocycles. The minimum atomic E-state index is -0.0627. The van der Waals surface area contributed by atoms with Gasteiger partial charge in [0.05, 0.1) is 18.6 Å². The molecule has 7 rings (SSSR count). The summed E-state index contributed by atoms with van der Waals surface area (Å²) in [5.41, 5.74) is 4.04. The highest BCUT2D eigenvalue weighted by Gasteiger charge is 2.49. The zero-order valence-electron chi connectivity index (χ0n) is 20.5. The van der Waals surface area contributed by atoms with Crippen molar-refractivity contribution >= 4 is 29.2 Å². The third-order valence-corrected chi connectivity index (χ3v) is 8.06. The number of guanidine groups is 1. The third kappa shape index (κ3) is 3.43. The molecular weight excluding hydrogens is 450 g/mol. The molecule has 1 saturated carbocycles. The molecule has 0 spiro atoms. The summed E-state index contributed by atoms with van der Waals surface area (Å²) in [5.74, 6) is 2.14. The lowest BCUT2D eigenvalue weighted by Crippen LogP contribution is -2.51. The molecule has 4 aliphatic rings. The van der Waals surface area contributed by atoms with Gasteiger partial charge in [0.1, 0.15) is 11.4 Å². The molecule has 2 N–H and O–H groups in total. The number of amides is 1. The summed E-state index contributed by atoms with van der Waals surface area (Å²) in [6, 6.07) is 19.8. The van der Waals surface area contributed by atoms with E-state index in [0.29, 0.717) is 18.2 Å². The van der Waals surface area contributed by atoms with E-state index < -0.39 is 0 Å². The van der Waals surface area contributed by atoms with Gasteiger partial charge in [0, 0.05) is 18.8 Å². The Morgan fingerprint density at radius 1 is 1.03 bits per heavy atom. The molecule has 3 aliphatic heterocycles. The van der Waals surface area contributed by atoms with Gasteiger partial charge < -0.3 is 10.6 Å². The normalized spacial score (nSPS) is 24.5. The Kier molecular flexibility index (Phi) is 5.09. The highest BCUT2D eigenvalue weighted by molar-refractivity contribution is 6.21. The van der Waals surface area contributed by atoms with Gasteiger partial charge in [-0.3, -0.25) is 14.6 Å². The minimum absolute atomic E-state index is 0.0627. The SMILES string of the molecule is CN1C(=O)c2c(nn(Cc3ccc(C4CCCN4)cc3)c2Nc2ccccc2)N2C1=N[C@@H]1CCC[C@@H]12. The summed E-state index contributed by atoms with van der Waals surface area (Å²) in [6.45, 7) is 1.66. The molecule has 3 aromatic rings. The molecular formula is C28H31N7O. The smallest absolute Gasteiger partial charge is 0.267 e. The van der Waals surface area contributed by atoms with E-state index in [1.807, 2.05) is 42.1 Å². The molecule has 2 aromatic carbocycles. The standard InChI is InChI=1S/C28H31N7O/c1-33-27(36)24-25(30-20-7-3-2-4-8-20)34(17-18-12-14-19(15-13-18)21-10-6-16-29-21)32-26(24)35-23-11-5-9-22(23)31-28(33)35/h2-4,7-8,12-15,21-23,29-30H,5-6,9-11,16-17H2,1H3/t21?,22-,23+/m1/s1. The van der Waals surface area contributed by atoms with Crippen LogP contribution in [-0.2, 0) is 6.54 Å². The van der Waals surface area contributed by atoms with E-state index in [4.69, 9.17) is 10.1 Å². The first-order valence-electron chi connectivity index (χ1n) is 13.1. The van der Waals surface area contributed by atoms with Crippen molar-refractivity contribution in [1.82, 2.24) is 20.0 Å². The predicted octanol–water partition coefficient (Wildman–Crippen LogP) is 4.28. The average Bonchev–Trinajstić information content (AvgIpc) is 3.69. The van der Waals surface area contributed by atoms with Crippen molar-refractivity contribution in [3.63, 3.8) is 0 Å². The summed E-state index contributed by atoms with van der Waals surface area (Å²) >= 11 is 0. The molecule has 8 heteroatoms. The molecule has 1 unspecified atom stereocenters. The molecule has 0 radical (unpaired) electrons. The number of anilines is 3. The maximum atomic E-state index is 13.7. The fourth-order valence-electron chi connectivity index (χ4n) is 6.20. The number of aromatic nitrogens is 2. The second kappa shape index (κ2) is 8.48. The number of para-hydroxylation sites is 1. The fourth-order valence-corrected chi connectivity index (χ4v) is 6.20. The van der Waals surface area contributed by atoms with Crippen molar-refractivity contribution in [3.05, 3.63) is 71.3 Å². The van der Waals surface area contributed by atoms with Crippen LogP contribution in [0.4, 0.5) is 17.3 Å². The van der Waals surface area contributed by atoms with Crippen LogP contribution in [0.1, 0.15) is 59.6 Å². The molecule has 0 bridgehead atoms. The van der Waals surface area contributed by atoms with E-state index in [2.05, 4.69) is 39.8 Å². The Hall–Kier alpha value is -3.65. The van der Waals surface area contributed by atoms with Crippen molar-refractivity contribution in [2.45, 2.75) is 56.8 Å². The Bertz CT molecular complexity index is 1320. The summed E-state index contributed by atoms with van der Waals surface area (Å²) in [5, 5.41) is 12.2. The maximum Gasteiger partial charge on any atom is 0.267 e. The average molecular weight is 482 g/mol. The van der Waals surface area contributed by atoms with Crippen LogP contribution in [0.15, 0.2) is 59.6 Å². The van der Waals surface area contributed by atoms with Crippen LogP contribution in [0.3, 0.4) is 0 Å². The number of hydrogen-bond acceptors (Lipinski definition) is 6. The monoisotopic (exact) mass is 481 g/mol. The topological polar surface area (TPSA) is 77.8 Å². The zero-order chi connectivity index (χ0) is 24.2. The van der Waals surface area contributed by atoms with E-state index in [1.54, 1.807) is 4.90 Å². The summed E-state index contributed by atoms with van der Waals surface area (Å²) in [7, 11) is 1.83. The lowest BCUT2D eigenvalue weighted by molar-refractivity contribution is 0.0866. The highest BCUT2D eigenvalue weighted by atomic mass is 16.2. The fraction of sp³-hybridized carbons (Fsp3) is 0.393. The summed E-state index contributed by atoms with van der Waals surface area (Å²) in [6.07, 6.45) is 5.72. The molecule has 4 heterocycles. The second-order valence-corrected chi connectivity index (χ2v) is 10.3. The Balaban J connectivity index is 1.29. The predicted molar refractivity (Wildman–Crippen MR) is 141 cm³/mol. The minimum Gasteiger partial charge on any atom is -0.340 e.